The Labute approximate surface area is 670 Å². The molecule has 6 atom stereocenters. The molecule has 2 aliphatic heterocycles. The first-order valence-corrected chi connectivity index (χ1v) is 40.0. The summed E-state index contributed by atoms with van der Waals surface area (Å²) in [7, 11) is 1.31. The van der Waals surface area contributed by atoms with Crippen molar-refractivity contribution < 1.29 is 86.9 Å². The molecule has 614 valence electrons. The topological polar surface area (TPSA) is 357 Å². The molecule has 2 saturated heterocycles. The van der Waals surface area contributed by atoms with E-state index in [9.17, 15) is 53.7 Å². The number of carbonyl (C=O) groups is 9. The van der Waals surface area contributed by atoms with Gasteiger partial charge in [0.2, 0.25) is 35.4 Å². The molecule has 28 nitrogen and oxygen atoms in total. The number of thiazole rings is 2. The first-order valence-electron chi connectivity index (χ1n) is 38.3. The first kappa shape index (κ1) is 89.0. The second-order valence-electron chi connectivity index (χ2n) is 32.6. The van der Waals surface area contributed by atoms with Crippen molar-refractivity contribution in [1.82, 2.24) is 50.8 Å². The summed E-state index contributed by atoms with van der Waals surface area (Å²) in [5, 5.41) is 41.7. The second kappa shape index (κ2) is 40.4. The zero-order valence-corrected chi connectivity index (χ0v) is 69.0. The predicted octanol–water partition coefficient (Wildman–Crippen LogP) is 10.4. The number of likely N-dealkylation sites (tertiary alicyclic amines) is 2. The Morgan fingerprint density at radius 2 is 1.00 bits per heavy atom. The van der Waals surface area contributed by atoms with Crippen molar-refractivity contribution in [2.24, 2.45) is 10.8 Å². The lowest BCUT2D eigenvalue weighted by atomic mass is 9.85. The lowest BCUT2D eigenvalue weighted by Gasteiger charge is -2.36. The van der Waals surface area contributed by atoms with Crippen LogP contribution in [0.1, 0.15) is 179 Å². The van der Waals surface area contributed by atoms with Gasteiger partial charge in [0, 0.05) is 57.7 Å². The van der Waals surface area contributed by atoms with Gasteiger partial charge in [0.15, 0.2) is 6.29 Å². The lowest BCUT2D eigenvalue weighted by molar-refractivity contribution is -0.144. The molecule has 4 heterocycles. The fourth-order valence-electron chi connectivity index (χ4n) is 12.9. The summed E-state index contributed by atoms with van der Waals surface area (Å²) < 4.78 is 34.5. The summed E-state index contributed by atoms with van der Waals surface area (Å²) >= 11 is 2.92. The van der Waals surface area contributed by atoms with Crippen LogP contribution < -0.4 is 30.7 Å². The molecule has 30 heteroatoms. The van der Waals surface area contributed by atoms with E-state index in [0.29, 0.717) is 80.1 Å². The van der Waals surface area contributed by atoms with E-state index in [2.05, 4.69) is 31.2 Å². The van der Waals surface area contributed by atoms with E-state index in [4.69, 9.17) is 28.4 Å². The number of rotatable bonds is 35. The van der Waals surface area contributed by atoms with Gasteiger partial charge in [0.1, 0.15) is 60.0 Å². The zero-order valence-electron chi connectivity index (χ0n) is 67.3. The van der Waals surface area contributed by atoms with Gasteiger partial charge in [-0.15, -0.1) is 22.7 Å². The van der Waals surface area contributed by atoms with Crippen molar-refractivity contribution in [3.8, 4) is 32.4 Å². The van der Waals surface area contributed by atoms with Crippen molar-refractivity contribution in [2.45, 2.75) is 215 Å². The van der Waals surface area contributed by atoms with Gasteiger partial charge in [-0.2, -0.15) is 0 Å². The Hall–Kier alpha value is -9.59. The maximum Gasteiger partial charge on any atom is 0.410 e. The maximum absolute atomic E-state index is 15.3. The molecule has 4 aromatic carbocycles. The third kappa shape index (κ3) is 27.0. The molecule has 2 aromatic heterocycles. The van der Waals surface area contributed by atoms with E-state index in [-0.39, 0.29) is 58.7 Å². The third-order valence-electron chi connectivity index (χ3n) is 18.9. The molecule has 6 aromatic rings. The molecule has 0 aliphatic carbocycles. The predicted molar refractivity (Wildman–Crippen MR) is 427 cm³/mol. The Morgan fingerprint density at radius 1 is 0.558 bits per heavy atom. The molecule has 0 radical (unpaired) electrons. The number of benzene rings is 4. The number of aromatic nitrogens is 2. The summed E-state index contributed by atoms with van der Waals surface area (Å²) in [6.07, 6.45) is -1.15. The third-order valence-corrected chi connectivity index (χ3v) is 20.8. The molecule has 7 N–H and O–H groups in total. The van der Waals surface area contributed by atoms with Crippen LogP contribution in [0.2, 0.25) is 0 Å². The van der Waals surface area contributed by atoms with Gasteiger partial charge in [-0.3, -0.25) is 38.6 Å². The number of hydrogen-bond acceptors (Lipinski definition) is 22. The molecule has 113 heavy (non-hydrogen) atoms. The van der Waals surface area contributed by atoms with Crippen LogP contribution in [-0.2, 0) is 67.4 Å². The molecule has 0 saturated carbocycles. The number of aliphatic hydroxyl groups is 3. The fourth-order valence-corrected chi connectivity index (χ4v) is 14.5. The highest BCUT2D eigenvalue weighted by Gasteiger charge is 2.47. The number of methoxy groups -OCH3 is 1. The number of aryl methyl sites for hydroxylation is 1. The van der Waals surface area contributed by atoms with Crippen molar-refractivity contribution in [1.29, 1.82) is 0 Å². The van der Waals surface area contributed by atoms with Crippen molar-refractivity contribution in [3.05, 3.63) is 142 Å². The minimum absolute atomic E-state index is 0.00592. The van der Waals surface area contributed by atoms with Crippen LogP contribution in [0, 0.1) is 17.8 Å². The van der Waals surface area contributed by atoms with Gasteiger partial charge in [-0.25, -0.2) is 24.4 Å². The summed E-state index contributed by atoms with van der Waals surface area (Å²) in [6.45, 7) is 23.3. The Bertz CT molecular complexity index is 4160. The largest absolute Gasteiger partial charge is 0.494 e. The Morgan fingerprint density at radius 3 is 1.44 bits per heavy atom. The standard InChI is InChI=1S/C83H112N10O18S2/c1-52-68(112-50-86-52)55-25-21-53(22-26-55)44-85-73(98)65-42-62(46-93(65)75(100)71(81(5,6)7)89-67(96)48-91(79(105)111-83(11,12)13)38-17-15-19-39-107-60-33-29-57(30-34-60)76(101)102)109-49-63-69(113-51-87-63)56-27-23-54(24-28-56)43-84-72(97)64-41-59(94)45-92(64)74(99)70(80(2,3)4)88-66(95)47-90(78(104)110-82(8,9)10)37-18-16-20-40-108-61-35-31-58(32-36-61)77(103)106-14/h21-36,50-51,59,62,64-65,70-71,76,94,101-102H,15-20,37-49H2,1-14H3,(H,84,97)(H,85,98)(H,88,95)(H,89,96)/t59-,62-,64+,65+,70-,71-/m1/s1. The number of amides is 8. The summed E-state index contributed by atoms with van der Waals surface area (Å²) in [6, 6.07) is 23.8. The molecule has 2 fully saturated rings. The average Bonchev–Trinajstić information content (AvgIpc) is 1.68. The highest BCUT2D eigenvalue weighted by Crippen LogP contribution is 2.34. The fraction of sp³-hybridized carbons (Fsp3) is 0.530. The van der Waals surface area contributed by atoms with E-state index >= 15 is 4.79 Å². The Balaban J connectivity index is 0.884. The lowest BCUT2D eigenvalue weighted by Crippen LogP contribution is -2.59. The molecule has 8 rings (SSSR count). The normalized spacial score (nSPS) is 16.4. The van der Waals surface area contributed by atoms with E-state index in [1.54, 1.807) is 122 Å². The molecule has 0 spiro atoms. The van der Waals surface area contributed by atoms with Gasteiger partial charge in [-0.1, -0.05) is 102 Å². The van der Waals surface area contributed by atoms with Crippen molar-refractivity contribution in [3.63, 3.8) is 0 Å². The molecular formula is C83H112N10O18S2. The Kier molecular flexibility index (Phi) is 31.8. The minimum atomic E-state index is -1.59. The van der Waals surface area contributed by atoms with Gasteiger partial charge >= 0.3 is 18.2 Å². The first-order chi connectivity index (χ1) is 53.3. The van der Waals surface area contributed by atoms with E-state index in [0.717, 1.165) is 37.7 Å². The summed E-state index contributed by atoms with van der Waals surface area (Å²) in [4.78, 5) is 142. The number of β-amino-alcohol motifs (C(OH)–C–C–N with tert-alkyl or cyclic N) is 1. The number of ether oxygens (including phenoxy) is 6. The van der Waals surface area contributed by atoms with Crippen LogP contribution in [0.4, 0.5) is 9.59 Å². The average molecular weight is 1600 g/mol. The van der Waals surface area contributed by atoms with Crippen LogP contribution in [0.15, 0.2) is 108 Å². The van der Waals surface area contributed by atoms with Crippen LogP contribution >= 0.6 is 22.7 Å². The molecular weight excluding hydrogens is 1490 g/mol. The van der Waals surface area contributed by atoms with E-state index in [1.165, 1.54) is 49.4 Å². The highest BCUT2D eigenvalue weighted by atomic mass is 32.1. The van der Waals surface area contributed by atoms with Gasteiger partial charge in [0.05, 0.1) is 76.9 Å². The number of carbonyl (C=O) groups excluding carboxylic acids is 9. The van der Waals surface area contributed by atoms with Crippen molar-refractivity contribution in [2.75, 3.05) is 59.6 Å². The van der Waals surface area contributed by atoms with Crippen LogP contribution in [-0.4, -0.2) is 206 Å². The van der Waals surface area contributed by atoms with Crippen LogP contribution in [0.3, 0.4) is 0 Å². The number of esters is 1. The number of nitrogens with one attached hydrogen (secondary N) is 4. The molecule has 0 unspecified atom stereocenters. The number of nitrogens with zero attached hydrogens (tertiary/aromatic N) is 6. The molecule has 0 bridgehead atoms. The molecule has 2 aliphatic rings. The van der Waals surface area contributed by atoms with E-state index in [1.807, 2.05) is 76.2 Å². The number of unbranched alkanes of at least 4 members (excludes halogenated alkanes) is 4. The number of aliphatic hydroxyl groups excluding tert-OH is 2. The quantitative estimate of drug-likeness (QED) is 0.00841. The smallest absolute Gasteiger partial charge is 0.410 e. The minimum Gasteiger partial charge on any atom is -0.494 e. The monoisotopic (exact) mass is 1600 g/mol. The maximum atomic E-state index is 15.3. The molecule has 8 amide bonds. The summed E-state index contributed by atoms with van der Waals surface area (Å²) in [5.74, 6) is -2.58. The number of hydrogen-bond donors (Lipinski definition) is 7. The van der Waals surface area contributed by atoms with E-state index < -0.39 is 131 Å². The zero-order chi connectivity index (χ0) is 82.5. The SMILES string of the molecule is COC(=O)c1ccc(OCCCCCN(CC(=O)N[C@H](C(=O)N2C[C@H](O)C[C@H]2C(=O)NCc2ccc(-c3scnc3CO[C@@H]3C[C@@H](C(=O)NCc4ccc(-c5scnc5C)cc4)N(C(=O)[C@@H](NC(=O)CN(CCCCCOc4ccc(C(O)O)cc4)C(=O)OC(C)(C)C)C(C)(C)C)C3)cc2)C(C)(C)C)C(=O)OC(C)(C)C)cc1. The van der Waals surface area contributed by atoms with Gasteiger partial charge in [-0.05, 0) is 156 Å². The highest BCUT2D eigenvalue weighted by molar-refractivity contribution is 7.13. The second-order valence-corrected chi connectivity index (χ2v) is 34.3. The van der Waals surface area contributed by atoms with Gasteiger partial charge in [0.25, 0.3) is 0 Å². The van der Waals surface area contributed by atoms with Gasteiger partial charge < -0.3 is 74.8 Å². The van der Waals surface area contributed by atoms with Crippen LogP contribution in [0.25, 0.3) is 20.9 Å². The summed E-state index contributed by atoms with van der Waals surface area (Å²) in [5.41, 5.74) is 5.54. The van der Waals surface area contributed by atoms with Crippen molar-refractivity contribution >= 4 is 76.3 Å². The van der Waals surface area contributed by atoms with Crippen LogP contribution in [0.5, 0.6) is 11.5 Å².